The standard InChI is InChI=1S/C24H22Cl4N6S/c1-13-9-22(32-33(13)12-17-18(25)5-4-6-19(17)26)29-24(35)30-23-14(2)31-34(15(23)3)11-16-7-8-20(27)21(28)10-16/h4-10H,11-12H2,1-3H3,(H2,29,30,32,35). The maximum Gasteiger partial charge on any atom is 0.176 e. The van der Waals surface area contributed by atoms with Gasteiger partial charge in [0.05, 0.1) is 40.2 Å². The first kappa shape index (κ1) is 25.8. The summed E-state index contributed by atoms with van der Waals surface area (Å²) in [6, 6.07) is 12.9. The molecular formula is C24H22Cl4N6S. The highest BCUT2D eigenvalue weighted by molar-refractivity contribution is 7.80. The topological polar surface area (TPSA) is 59.7 Å². The number of nitrogens with one attached hydrogen (secondary N) is 2. The molecule has 0 unspecified atom stereocenters. The Hall–Kier alpha value is -2.29. The first-order valence-electron chi connectivity index (χ1n) is 10.7. The number of aromatic nitrogens is 4. The number of thiocarbonyl (C=S) groups is 1. The molecule has 2 N–H and O–H groups in total. The third-order valence-corrected chi connectivity index (χ3v) is 7.18. The zero-order chi connectivity index (χ0) is 25.3. The number of rotatable bonds is 6. The monoisotopic (exact) mass is 566 g/mol. The van der Waals surface area contributed by atoms with Crippen LogP contribution in [0.25, 0.3) is 0 Å². The lowest BCUT2D eigenvalue weighted by Crippen LogP contribution is -2.20. The summed E-state index contributed by atoms with van der Waals surface area (Å²) in [5.41, 5.74) is 5.34. The van der Waals surface area contributed by atoms with E-state index in [1.807, 2.05) is 66.5 Å². The Labute approximate surface area is 229 Å². The molecule has 2 aromatic heterocycles. The quantitative estimate of drug-likeness (QED) is 0.236. The third kappa shape index (κ3) is 5.93. The van der Waals surface area contributed by atoms with Crippen LogP contribution >= 0.6 is 58.6 Å². The molecule has 0 aliphatic carbocycles. The third-order valence-electron chi connectivity index (χ3n) is 5.53. The van der Waals surface area contributed by atoms with Crippen LogP contribution in [0, 0.1) is 20.8 Å². The number of hydrogen-bond acceptors (Lipinski definition) is 3. The molecule has 0 atom stereocenters. The molecule has 0 bridgehead atoms. The van der Waals surface area contributed by atoms with E-state index in [4.69, 9.17) is 58.6 Å². The molecule has 35 heavy (non-hydrogen) atoms. The zero-order valence-electron chi connectivity index (χ0n) is 19.2. The van der Waals surface area contributed by atoms with E-state index in [-0.39, 0.29) is 0 Å². The zero-order valence-corrected chi connectivity index (χ0v) is 23.0. The molecule has 182 valence electrons. The van der Waals surface area contributed by atoms with Gasteiger partial charge < -0.3 is 10.6 Å². The maximum atomic E-state index is 6.32. The number of hydrogen-bond donors (Lipinski definition) is 2. The fourth-order valence-corrected chi connectivity index (χ4v) is 4.71. The van der Waals surface area contributed by atoms with Crippen molar-refractivity contribution >= 4 is 75.2 Å². The highest BCUT2D eigenvalue weighted by atomic mass is 35.5. The number of nitrogens with zero attached hydrogens (tertiary/aromatic N) is 4. The van der Waals surface area contributed by atoms with Gasteiger partial charge in [0.15, 0.2) is 10.9 Å². The van der Waals surface area contributed by atoms with Gasteiger partial charge in [-0.3, -0.25) is 9.36 Å². The van der Waals surface area contributed by atoms with Crippen molar-refractivity contribution in [2.45, 2.75) is 33.9 Å². The molecule has 0 amide bonds. The minimum Gasteiger partial charge on any atom is -0.329 e. The Morgan fingerprint density at radius 3 is 2.23 bits per heavy atom. The molecule has 0 radical (unpaired) electrons. The summed E-state index contributed by atoms with van der Waals surface area (Å²) < 4.78 is 3.72. The van der Waals surface area contributed by atoms with Crippen molar-refractivity contribution in [3.8, 4) is 0 Å². The van der Waals surface area contributed by atoms with Crippen LogP contribution in [0.2, 0.25) is 20.1 Å². The summed E-state index contributed by atoms with van der Waals surface area (Å²) >= 11 is 30.4. The van der Waals surface area contributed by atoms with E-state index in [2.05, 4.69) is 20.8 Å². The summed E-state index contributed by atoms with van der Waals surface area (Å²) in [5.74, 6) is 0.613. The molecule has 4 rings (SSSR count). The van der Waals surface area contributed by atoms with Crippen molar-refractivity contribution in [2.24, 2.45) is 0 Å². The van der Waals surface area contributed by atoms with Crippen molar-refractivity contribution < 1.29 is 0 Å². The lowest BCUT2D eigenvalue weighted by atomic mass is 10.2. The smallest absolute Gasteiger partial charge is 0.176 e. The Kier molecular flexibility index (Phi) is 7.93. The second-order valence-corrected chi connectivity index (χ2v) is 10.1. The van der Waals surface area contributed by atoms with Crippen LogP contribution in [0.5, 0.6) is 0 Å². The molecule has 0 aliphatic rings. The van der Waals surface area contributed by atoms with Gasteiger partial charge in [-0.15, -0.1) is 0 Å². The summed E-state index contributed by atoms with van der Waals surface area (Å²) in [7, 11) is 0. The second kappa shape index (κ2) is 10.8. The Morgan fingerprint density at radius 1 is 0.829 bits per heavy atom. The summed E-state index contributed by atoms with van der Waals surface area (Å²) in [4.78, 5) is 0. The van der Waals surface area contributed by atoms with Crippen LogP contribution < -0.4 is 10.6 Å². The van der Waals surface area contributed by atoms with E-state index in [9.17, 15) is 0 Å². The van der Waals surface area contributed by atoms with Crippen LogP contribution in [0.3, 0.4) is 0 Å². The lowest BCUT2D eigenvalue weighted by molar-refractivity contribution is 0.659. The molecule has 0 fully saturated rings. The first-order valence-corrected chi connectivity index (χ1v) is 12.6. The van der Waals surface area contributed by atoms with Crippen LogP contribution in [-0.2, 0) is 13.1 Å². The van der Waals surface area contributed by atoms with Crippen LogP contribution in [0.15, 0.2) is 42.5 Å². The fraction of sp³-hybridized carbons (Fsp3) is 0.208. The van der Waals surface area contributed by atoms with Crippen molar-refractivity contribution in [1.82, 2.24) is 19.6 Å². The highest BCUT2D eigenvalue weighted by Gasteiger charge is 2.15. The summed E-state index contributed by atoms with van der Waals surface area (Å²) in [6.07, 6.45) is 0. The van der Waals surface area contributed by atoms with Gasteiger partial charge in [-0.25, -0.2) is 0 Å². The minimum atomic E-state index is 0.408. The van der Waals surface area contributed by atoms with E-state index < -0.39 is 0 Å². The molecule has 0 saturated carbocycles. The highest BCUT2D eigenvalue weighted by Crippen LogP contribution is 2.27. The average Bonchev–Trinajstić information content (AvgIpc) is 3.26. The molecule has 11 heteroatoms. The fourth-order valence-electron chi connectivity index (χ4n) is 3.67. The molecular weight excluding hydrogens is 546 g/mol. The van der Waals surface area contributed by atoms with Gasteiger partial charge in [0, 0.05) is 27.4 Å². The average molecular weight is 568 g/mol. The number of benzene rings is 2. The maximum absolute atomic E-state index is 6.32. The summed E-state index contributed by atoms with van der Waals surface area (Å²) in [6.45, 7) is 6.87. The van der Waals surface area contributed by atoms with Gasteiger partial charge in [-0.05, 0) is 62.8 Å². The van der Waals surface area contributed by atoms with Gasteiger partial charge in [-0.2, -0.15) is 10.2 Å². The van der Waals surface area contributed by atoms with Gasteiger partial charge in [0.2, 0.25) is 0 Å². The van der Waals surface area contributed by atoms with Crippen LogP contribution in [0.1, 0.15) is 28.2 Å². The van der Waals surface area contributed by atoms with Crippen molar-refractivity contribution in [3.63, 3.8) is 0 Å². The molecule has 2 aromatic carbocycles. The Bertz CT molecular complexity index is 1390. The largest absolute Gasteiger partial charge is 0.329 e. The van der Waals surface area contributed by atoms with E-state index in [0.29, 0.717) is 44.1 Å². The Morgan fingerprint density at radius 2 is 1.54 bits per heavy atom. The van der Waals surface area contributed by atoms with E-state index in [0.717, 1.165) is 33.9 Å². The second-order valence-electron chi connectivity index (χ2n) is 8.06. The van der Waals surface area contributed by atoms with E-state index in [1.165, 1.54) is 0 Å². The minimum absolute atomic E-state index is 0.408. The normalized spacial score (nSPS) is 11.1. The predicted octanol–water partition coefficient (Wildman–Crippen LogP) is 7.52. The first-order chi connectivity index (χ1) is 16.6. The predicted molar refractivity (Wildman–Crippen MR) is 150 cm³/mol. The summed E-state index contributed by atoms with van der Waals surface area (Å²) in [5, 5.41) is 18.3. The van der Waals surface area contributed by atoms with Gasteiger partial charge in [0.25, 0.3) is 0 Å². The molecule has 6 nitrogen and oxygen atoms in total. The van der Waals surface area contributed by atoms with E-state index in [1.54, 1.807) is 6.07 Å². The van der Waals surface area contributed by atoms with Crippen LogP contribution in [0.4, 0.5) is 11.5 Å². The molecule has 2 heterocycles. The molecule has 0 saturated heterocycles. The van der Waals surface area contributed by atoms with Gasteiger partial charge >= 0.3 is 0 Å². The van der Waals surface area contributed by atoms with Crippen molar-refractivity contribution in [2.75, 3.05) is 10.6 Å². The number of aryl methyl sites for hydroxylation is 2. The molecule has 4 aromatic rings. The molecule has 0 aliphatic heterocycles. The SMILES string of the molecule is Cc1nn(Cc2ccc(Cl)c(Cl)c2)c(C)c1NC(=S)Nc1cc(C)n(Cc2c(Cl)cccc2Cl)n1. The van der Waals surface area contributed by atoms with Gasteiger partial charge in [0.1, 0.15) is 0 Å². The van der Waals surface area contributed by atoms with E-state index >= 15 is 0 Å². The van der Waals surface area contributed by atoms with Crippen molar-refractivity contribution in [1.29, 1.82) is 0 Å². The van der Waals surface area contributed by atoms with Crippen LogP contribution in [-0.4, -0.2) is 24.7 Å². The molecule has 0 spiro atoms. The Balaban J connectivity index is 1.45. The number of anilines is 2. The lowest BCUT2D eigenvalue weighted by Gasteiger charge is -2.10. The van der Waals surface area contributed by atoms with Gasteiger partial charge in [-0.1, -0.05) is 58.5 Å². The van der Waals surface area contributed by atoms with Crippen molar-refractivity contribution in [3.05, 3.63) is 90.8 Å². The number of halogens is 4.